The van der Waals surface area contributed by atoms with E-state index in [0.29, 0.717) is 17.8 Å². The van der Waals surface area contributed by atoms with Gasteiger partial charge in [0.25, 0.3) is 0 Å². The van der Waals surface area contributed by atoms with Gasteiger partial charge in [-0.2, -0.15) is 0 Å². The average Bonchev–Trinajstić information content (AvgIpc) is 3.37. The summed E-state index contributed by atoms with van der Waals surface area (Å²) in [5.41, 5.74) is 21.2. The van der Waals surface area contributed by atoms with Crippen LogP contribution in [0.4, 0.5) is 0 Å². The molecule has 3 unspecified atom stereocenters. The zero-order valence-electron chi connectivity index (χ0n) is 32.5. The molecule has 0 aliphatic heterocycles. The SMILES string of the molecule is CC1=CC(C(C)C(C)c2ccc3c(c2)C(C)(C)c2cc(Cc4ccc(C5=C(C)CCC=C5)c(C)c4)c4ccccc4c2-3)CC=C1c1ccccc1C. The smallest absolute Gasteiger partial charge is 0.0159 e. The van der Waals surface area contributed by atoms with Crippen molar-refractivity contribution in [1.82, 2.24) is 0 Å². The number of rotatable bonds is 7. The van der Waals surface area contributed by atoms with E-state index in [1.54, 1.807) is 0 Å². The summed E-state index contributed by atoms with van der Waals surface area (Å²) in [6.45, 7) is 18.9. The van der Waals surface area contributed by atoms with Crippen molar-refractivity contribution in [2.45, 2.75) is 92.4 Å². The van der Waals surface area contributed by atoms with Crippen molar-refractivity contribution < 1.29 is 0 Å². The van der Waals surface area contributed by atoms with Crippen molar-refractivity contribution in [2.75, 3.05) is 0 Å². The van der Waals surface area contributed by atoms with E-state index < -0.39 is 0 Å². The molecule has 0 heteroatoms. The van der Waals surface area contributed by atoms with E-state index in [9.17, 15) is 0 Å². The van der Waals surface area contributed by atoms with Gasteiger partial charge in [-0.05, 0) is 160 Å². The fourth-order valence-electron chi connectivity index (χ4n) is 9.69. The largest absolute Gasteiger partial charge is 0.0836 e. The van der Waals surface area contributed by atoms with E-state index in [1.807, 2.05) is 0 Å². The van der Waals surface area contributed by atoms with Gasteiger partial charge in [0, 0.05) is 5.41 Å². The lowest BCUT2D eigenvalue weighted by Crippen LogP contribution is -2.19. The van der Waals surface area contributed by atoms with Crippen molar-refractivity contribution in [1.29, 1.82) is 0 Å². The van der Waals surface area contributed by atoms with Crippen LogP contribution in [0.1, 0.15) is 117 Å². The van der Waals surface area contributed by atoms with Crippen LogP contribution in [0.2, 0.25) is 0 Å². The Labute approximate surface area is 312 Å². The van der Waals surface area contributed by atoms with E-state index in [4.69, 9.17) is 0 Å². The van der Waals surface area contributed by atoms with Crippen LogP contribution in [-0.2, 0) is 11.8 Å². The molecule has 0 radical (unpaired) electrons. The molecular weight excluding hydrogens is 625 g/mol. The number of allylic oxidation sites excluding steroid dienone is 8. The van der Waals surface area contributed by atoms with Gasteiger partial charge >= 0.3 is 0 Å². The van der Waals surface area contributed by atoms with E-state index in [2.05, 4.69) is 171 Å². The van der Waals surface area contributed by atoms with Crippen molar-refractivity contribution in [3.63, 3.8) is 0 Å². The van der Waals surface area contributed by atoms with E-state index >= 15 is 0 Å². The maximum atomic E-state index is 2.57. The fraction of sp³-hybridized carbons (Fsp3) is 0.308. The van der Waals surface area contributed by atoms with Crippen LogP contribution < -0.4 is 0 Å². The predicted octanol–water partition coefficient (Wildman–Crippen LogP) is 14.3. The first-order valence-corrected chi connectivity index (χ1v) is 19.6. The third kappa shape index (κ3) is 5.85. The van der Waals surface area contributed by atoms with Crippen LogP contribution in [0.5, 0.6) is 0 Å². The molecular formula is C52H54. The summed E-state index contributed by atoms with van der Waals surface area (Å²) in [4.78, 5) is 0. The second-order valence-corrected chi connectivity index (χ2v) is 16.7. The second-order valence-electron chi connectivity index (χ2n) is 16.7. The summed E-state index contributed by atoms with van der Waals surface area (Å²) in [5, 5.41) is 2.76. The van der Waals surface area contributed by atoms with Crippen LogP contribution in [0.15, 0.2) is 126 Å². The van der Waals surface area contributed by atoms with Crippen LogP contribution in [0, 0.1) is 25.7 Å². The normalized spacial score (nSPS) is 18.9. The van der Waals surface area contributed by atoms with Crippen LogP contribution in [0.3, 0.4) is 0 Å². The summed E-state index contributed by atoms with van der Waals surface area (Å²) >= 11 is 0. The second kappa shape index (κ2) is 13.4. The molecule has 3 aliphatic carbocycles. The summed E-state index contributed by atoms with van der Waals surface area (Å²) in [6, 6.07) is 35.1. The Morgan fingerprint density at radius 3 is 2.23 bits per heavy atom. The number of aryl methyl sites for hydroxylation is 2. The van der Waals surface area contributed by atoms with Gasteiger partial charge in [-0.1, -0.05) is 149 Å². The lowest BCUT2D eigenvalue weighted by Gasteiger charge is -2.31. The Kier molecular flexibility index (Phi) is 8.85. The number of hydrogen-bond acceptors (Lipinski definition) is 0. The highest BCUT2D eigenvalue weighted by Gasteiger charge is 2.38. The van der Waals surface area contributed by atoms with E-state index in [0.717, 1.165) is 25.7 Å². The van der Waals surface area contributed by atoms with Crippen LogP contribution in [0.25, 0.3) is 33.0 Å². The Hall–Kier alpha value is -4.68. The topological polar surface area (TPSA) is 0 Å². The molecule has 8 rings (SSSR count). The molecule has 52 heavy (non-hydrogen) atoms. The van der Waals surface area contributed by atoms with Gasteiger partial charge in [0.15, 0.2) is 0 Å². The summed E-state index contributed by atoms with van der Waals surface area (Å²) < 4.78 is 0. The number of benzene rings is 5. The maximum absolute atomic E-state index is 2.57. The average molecular weight is 679 g/mol. The lowest BCUT2D eigenvalue weighted by molar-refractivity contribution is 0.370. The Morgan fingerprint density at radius 2 is 1.48 bits per heavy atom. The third-order valence-electron chi connectivity index (χ3n) is 13.1. The molecule has 5 aromatic carbocycles. The molecule has 0 N–H and O–H groups in total. The molecule has 0 spiro atoms. The van der Waals surface area contributed by atoms with Crippen LogP contribution >= 0.6 is 0 Å². The molecule has 0 saturated carbocycles. The van der Waals surface area contributed by atoms with Gasteiger partial charge in [-0.25, -0.2) is 0 Å². The highest BCUT2D eigenvalue weighted by Crippen LogP contribution is 2.53. The molecule has 0 nitrogen and oxygen atoms in total. The maximum Gasteiger partial charge on any atom is 0.0159 e. The van der Waals surface area contributed by atoms with Crippen molar-refractivity contribution in [3.05, 3.63) is 177 Å². The fourth-order valence-corrected chi connectivity index (χ4v) is 9.69. The highest BCUT2D eigenvalue weighted by atomic mass is 14.4. The lowest BCUT2D eigenvalue weighted by atomic mass is 9.73. The number of fused-ring (bicyclic) bond motifs is 5. The molecule has 0 bridgehead atoms. The predicted molar refractivity (Wildman–Crippen MR) is 225 cm³/mol. The Balaban J connectivity index is 1.10. The monoisotopic (exact) mass is 678 g/mol. The van der Waals surface area contributed by atoms with Gasteiger partial charge < -0.3 is 0 Å². The molecule has 0 amide bonds. The first-order valence-electron chi connectivity index (χ1n) is 19.6. The van der Waals surface area contributed by atoms with E-state index in [1.165, 1.54) is 94.3 Å². The minimum absolute atomic E-state index is 0.0774. The van der Waals surface area contributed by atoms with Gasteiger partial charge in [0.1, 0.15) is 0 Å². The van der Waals surface area contributed by atoms with Crippen molar-refractivity contribution in [2.24, 2.45) is 11.8 Å². The first kappa shape index (κ1) is 34.4. The van der Waals surface area contributed by atoms with Crippen LogP contribution in [-0.4, -0.2) is 0 Å². The van der Waals surface area contributed by atoms with Gasteiger partial charge in [-0.3, -0.25) is 0 Å². The molecule has 3 atom stereocenters. The van der Waals surface area contributed by atoms with Crippen molar-refractivity contribution >= 4 is 21.9 Å². The first-order chi connectivity index (χ1) is 25.0. The van der Waals surface area contributed by atoms with E-state index in [-0.39, 0.29) is 5.41 Å². The highest BCUT2D eigenvalue weighted by molar-refractivity contribution is 6.04. The summed E-state index contributed by atoms with van der Waals surface area (Å²) in [5.74, 6) is 1.52. The van der Waals surface area contributed by atoms with Gasteiger partial charge in [0.2, 0.25) is 0 Å². The zero-order valence-corrected chi connectivity index (χ0v) is 32.5. The van der Waals surface area contributed by atoms with Gasteiger partial charge in [0.05, 0.1) is 0 Å². The number of hydrogen-bond donors (Lipinski definition) is 0. The summed E-state index contributed by atoms with van der Waals surface area (Å²) in [7, 11) is 0. The summed E-state index contributed by atoms with van der Waals surface area (Å²) in [6.07, 6.45) is 14.1. The standard InChI is InChI=1S/C52H54/c1-32-15-9-11-17-42(32)44-24-21-38(27-34(44)3)29-41-31-50-51(47-20-14-13-19-46(41)47)48-26-23-40(30-49(48)52(50,7)8)37(6)36(5)39-22-25-45(35(4)28-39)43-18-12-10-16-33(43)2/h10-14,16-21,23-28,30-31,36-37,39H,9,15,22,29H2,1-8H3. The molecule has 3 aliphatic rings. The quantitative estimate of drug-likeness (QED) is 0.161. The molecule has 0 saturated heterocycles. The van der Waals surface area contributed by atoms with Gasteiger partial charge in [-0.15, -0.1) is 0 Å². The zero-order chi connectivity index (χ0) is 36.3. The molecule has 262 valence electrons. The van der Waals surface area contributed by atoms with Crippen molar-refractivity contribution in [3.8, 4) is 11.1 Å². The minimum Gasteiger partial charge on any atom is -0.0836 e. The Morgan fingerprint density at radius 1 is 0.731 bits per heavy atom. The third-order valence-corrected chi connectivity index (χ3v) is 13.1. The molecule has 0 aromatic heterocycles. The minimum atomic E-state index is -0.0774. The Bertz CT molecular complexity index is 2350. The molecule has 0 heterocycles. The molecule has 5 aromatic rings. The molecule has 0 fully saturated rings.